The molecule has 174 valence electrons. The van der Waals surface area contributed by atoms with Gasteiger partial charge in [-0.15, -0.1) is 0 Å². The molecule has 3 rings (SSSR count). The van der Waals surface area contributed by atoms with E-state index < -0.39 is 10.0 Å². The number of hydrogen-bond acceptors (Lipinski definition) is 4. The molecule has 1 saturated heterocycles. The maximum atomic E-state index is 12.7. The fraction of sp³-hybridized carbons (Fsp3) is 0.458. The van der Waals surface area contributed by atoms with E-state index in [1.165, 1.54) is 18.5 Å². The highest BCUT2D eigenvalue weighted by Crippen LogP contribution is 2.28. The third kappa shape index (κ3) is 5.95. The first-order valence-corrected chi connectivity index (χ1v) is 13.2. The number of nitrogens with one attached hydrogen (secondary N) is 1. The molecule has 1 amide bonds. The van der Waals surface area contributed by atoms with E-state index in [1.54, 1.807) is 25.1 Å². The molecule has 8 heteroatoms. The van der Waals surface area contributed by atoms with Crippen LogP contribution < -0.4 is 14.5 Å². The Bertz CT molecular complexity index is 1050. The predicted octanol–water partition coefficient (Wildman–Crippen LogP) is 4.53. The van der Waals surface area contributed by atoms with Crippen LogP contribution in [0.2, 0.25) is 5.02 Å². The Morgan fingerprint density at radius 2 is 1.81 bits per heavy atom. The van der Waals surface area contributed by atoms with Crippen molar-refractivity contribution in [1.82, 2.24) is 5.32 Å². The highest BCUT2D eigenvalue weighted by Gasteiger charge is 2.24. The Kier molecular flexibility index (Phi) is 7.72. The van der Waals surface area contributed by atoms with Gasteiger partial charge in [0.25, 0.3) is 0 Å². The second-order valence-corrected chi connectivity index (χ2v) is 11.0. The maximum Gasteiger partial charge on any atom is 0.241 e. The van der Waals surface area contributed by atoms with Gasteiger partial charge in [-0.05, 0) is 68.0 Å². The number of anilines is 2. The quantitative estimate of drug-likeness (QED) is 0.636. The van der Waals surface area contributed by atoms with E-state index in [4.69, 9.17) is 11.6 Å². The largest absolute Gasteiger partial charge is 0.372 e. The molecule has 0 saturated carbocycles. The molecule has 6 nitrogen and oxygen atoms in total. The van der Waals surface area contributed by atoms with Gasteiger partial charge in [0.1, 0.15) is 6.54 Å². The lowest BCUT2D eigenvalue weighted by atomic mass is 9.98. The second-order valence-electron chi connectivity index (χ2n) is 8.70. The van der Waals surface area contributed by atoms with Gasteiger partial charge >= 0.3 is 0 Å². The zero-order chi connectivity index (χ0) is 23.5. The van der Waals surface area contributed by atoms with Crippen LogP contribution in [0.15, 0.2) is 42.5 Å². The van der Waals surface area contributed by atoms with Crippen LogP contribution in [0.4, 0.5) is 11.4 Å². The average molecular weight is 478 g/mol. The number of rotatable bonds is 7. The van der Waals surface area contributed by atoms with Crippen molar-refractivity contribution in [2.75, 3.05) is 35.1 Å². The van der Waals surface area contributed by atoms with Crippen molar-refractivity contribution in [2.45, 2.75) is 39.7 Å². The maximum absolute atomic E-state index is 12.7. The second kappa shape index (κ2) is 10.1. The fourth-order valence-electron chi connectivity index (χ4n) is 3.99. The van der Waals surface area contributed by atoms with Crippen LogP contribution in [0, 0.1) is 12.8 Å². The number of carbonyl (C=O) groups excluding carboxylic acids is 1. The summed E-state index contributed by atoms with van der Waals surface area (Å²) in [6.45, 7) is 7.75. The minimum absolute atomic E-state index is 0.250. The van der Waals surface area contributed by atoms with Crippen LogP contribution >= 0.6 is 11.6 Å². The lowest BCUT2D eigenvalue weighted by molar-refractivity contribution is -0.120. The Morgan fingerprint density at radius 3 is 2.41 bits per heavy atom. The van der Waals surface area contributed by atoms with E-state index in [1.807, 2.05) is 19.1 Å². The SMILES string of the molecule is Cc1c(Cl)cccc1N(CC(=O)NC(C)c1ccc(N2CCC(C)CC2)cc1)S(C)(=O)=O. The van der Waals surface area contributed by atoms with Gasteiger partial charge in [0.05, 0.1) is 18.0 Å². The Morgan fingerprint density at radius 1 is 1.19 bits per heavy atom. The summed E-state index contributed by atoms with van der Waals surface area (Å²) in [5, 5.41) is 3.37. The Labute approximate surface area is 196 Å². The lowest BCUT2D eigenvalue weighted by Crippen LogP contribution is -2.41. The van der Waals surface area contributed by atoms with Crippen molar-refractivity contribution in [3.8, 4) is 0 Å². The van der Waals surface area contributed by atoms with Gasteiger partial charge in [0, 0.05) is 23.8 Å². The molecule has 0 aliphatic carbocycles. The molecule has 1 heterocycles. The number of sulfonamides is 1. The fourth-order valence-corrected chi connectivity index (χ4v) is 5.07. The summed E-state index contributed by atoms with van der Waals surface area (Å²) in [7, 11) is -3.67. The summed E-state index contributed by atoms with van der Waals surface area (Å²) in [6.07, 6.45) is 3.50. The van der Waals surface area contributed by atoms with E-state index in [0.29, 0.717) is 16.3 Å². The van der Waals surface area contributed by atoms with E-state index in [0.717, 1.165) is 35.1 Å². The highest BCUT2D eigenvalue weighted by atomic mass is 35.5. The molecule has 2 aromatic carbocycles. The van der Waals surface area contributed by atoms with Crippen LogP contribution in [0.3, 0.4) is 0 Å². The first kappa shape index (κ1) is 24.4. The van der Waals surface area contributed by atoms with Gasteiger partial charge in [-0.3, -0.25) is 9.10 Å². The van der Waals surface area contributed by atoms with E-state index >= 15 is 0 Å². The van der Waals surface area contributed by atoms with E-state index in [-0.39, 0.29) is 18.5 Å². The molecule has 2 aromatic rings. The summed E-state index contributed by atoms with van der Waals surface area (Å²) >= 11 is 6.16. The van der Waals surface area contributed by atoms with Gasteiger partial charge in [-0.1, -0.05) is 36.7 Å². The molecular formula is C24H32ClN3O3S. The van der Waals surface area contributed by atoms with Crippen molar-refractivity contribution in [3.05, 3.63) is 58.6 Å². The molecule has 0 aromatic heterocycles. The number of piperidine rings is 1. The molecule has 1 unspecified atom stereocenters. The molecule has 1 aliphatic heterocycles. The van der Waals surface area contributed by atoms with E-state index in [9.17, 15) is 13.2 Å². The number of halogens is 1. The molecular weight excluding hydrogens is 446 g/mol. The highest BCUT2D eigenvalue weighted by molar-refractivity contribution is 7.92. The Balaban J connectivity index is 1.67. The average Bonchev–Trinajstić information content (AvgIpc) is 2.74. The molecule has 0 spiro atoms. The molecule has 0 radical (unpaired) electrons. The molecule has 1 fully saturated rings. The topological polar surface area (TPSA) is 69.7 Å². The lowest BCUT2D eigenvalue weighted by Gasteiger charge is -2.32. The number of nitrogens with zero attached hydrogens (tertiary/aromatic N) is 2. The minimum atomic E-state index is -3.67. The molecule has 32 heavy (non-hydrogen) atoms. The number of amides is 1. The third-order valence-electron chi connectivity index (χ3n) is 6.11. The van der Waals surface area contributed by atoms with Crippen molar-refractivity contribution in [1.29, 1.82) is 0 Å². The molecule has 1 N–H and O–H groups in total. The summed E-state index contributed by atoms with van der Waals surface area (Å²) in [5.74, 6) is 0.402. The first-order valence-electron chi connectivity index (χ1n) is 10.9. The predicted molar refractivity (Wildman–Crippen MR) is 132 cm³/mol. The third-order valence-corrected chi connectivity index (χ3v) is 7.65. The molecule has 1 aliphatic rings. The number of benzene rings is 2. The van der Waals surface area contributed by atoms with Gasteiger partial charge in [-0.2, -0.15) is 0 Å². The van der Waals surface area contributed by atoms with Crippen molar-refractivity contribution >= 4 is 38.9 Å². The van der Waals surface area contributed by atoms with Crippen LogP contribution in [-0.4, -0.2) is 40.2 Å². The van der Waals surface area contributed by atoms with Crippen LogP contribution in [0.1, 0.15) is 43.9 Å². The number of hydrogen-bond donors (Lipinski definition) is 1. The summed E-state index contributed by atoms with van der Waals surface area (Å²) in [4.78, 5) is 15.1. The minimum Gasteiger partial charge on any atom is -0.372 e. The standard InChI is InChI=1S/C24H32ClN3O3S/c1-17-12-14-27(15-13-17)21-10-8-20(9-11-21)19(3)26-24(29)16-28(32(4,30)31)23-7-5-6-22(25)18(23)2/h5-11,17,19H,12-16H2,1-4H3,(H,26,29). The zero-order valence-corrected chi connectivity index (χ0v) is 20.7. The summed E-state index contributed by atoms with van der Waals surface area (Å²) in [6, 6.07) is 13.0. The van der Waals surface area contributed by atoms with Gasteiger partial charge in [0.15, 0.2) is 0 Å². The van der Waals surface area contributed by atoms with Crippen molar-refractivity contribution < 1.29 is 13.2 Å². The first-order chi connectivity index (χ1) is 15.1. The molecule has 0 bridgehead atoms. The summed E-state index contributed by atoms with van der Waals surface area (Å²) in [5.41, 5.74) is 3.18. The monoisotopic (exact) mass is 477 g/mol. The van der Waals surface area contributed by atoms with Gasteiger partial charge in [0.2, 0.25) is 15.9 Å². The van der Waals surface area contributed by atoms with Gasteiger partial charge < -0.3 is 10.2 Å². The Hall–Kier alpha value is -2.25. The van der Waals surface area contributed by atoms with Gasteiger partial charge in [-0.25, -0.2) is 8.42 Å². The summed E-state index contributed by atoms with van der Waals surface area (Å²) < 4.78 is 25.9. The zero-order valence-electron chi connectivity index (χ0n) is 19.1. The van der Waals surface area contributed by atoms with Crippen molar-refractivity contribution in [3.63, 3.8) is 0 Å². The van der Waals surface area contributed by atoms with E-state index in [2.05, 4.69) is 29.3 Å². The smallest absolute Gasteiger partial charge is 0.241 e. The van der Waals surface area contributed by atoms with Crippen molar-refractivity contribution in [2.24, 2.45) is 5.92 Å². The van der Waals surface area contributed by atoms with Crippen LogP contribution in [-0.2, 0) is 14.8 Å². The number of carbonyl (C=O) groups is 1. The van der Waals surface area contributed by atoms with Crippen LogP contribution in [0.5, 0.6) is 0 Å². The molecule has 1 atom stereocenters. The van der Waals surface area contributed by atoms with Crippen LogP contribution in [0.25, 0.3) is 0 Å². The normalized spacial score (nSPS) is 16.0.